The van der Waals surface area contributed by atoms with Crippen LogP contribution in [0.1, 0.15) is 20.3 Å². The minimum absolute atomic E-state index is 0.0296. The first-order valence-corrected chi connectivity index (χ1v) is 7.13. The fourth-order valence-corrected chi connectivity index (χ4v) is 2.41. The van der Waals surface area contributed by atoms with Crippen molar-refractivity contribution in [2.75, 3.05) is 6.61 Å². The SMILES string of the molecule is CCn1c(=O)c2c(nc(O[N+](=O)[O-])n2CCCO)n(CC)c1=O. The summed E-state index contributed by atoms with van der Waals surface area (Å²) in [6, 6.07) is -0.397. The summed E-state index contributed by atoms with van der Waals surface area (Å²) < 4.78 is 3.50. The van der Waals surface area contributed by atoms with E-state index in [0.717, 1.165) is 4.57 Å². The van der Waals surface area contributed by atoms with E-state index in [1.807, 2.05) is 0 Å². The van der Waals surface area contributed by atoms with Gasteiger partial charge in [-0.2, -0.15) is 4.98 Å². The summed E-state index contributed by atoms with van der Waals surface area (Å²) >= 11 is 0. The lowest BCUT2D eigenvalue weighted by molar-refractivity contribution is -0.713. The fraction of sp³-hybridized carbons (Fsp3) is 0.583. The van der Waals surface area contributed by atoms with Gasteiger partial charge in [0.15, 0.2) is 11.2 Å². The zero-order chi connectivity index (χ0) is 17.1. The zero-order valence-corrected chi connectivity index (χ0v) is 12.8. The molecule has 23 heavy (non-hydrogen) atoms. The Hall–Kier alpha value is -2.69. The molecule has 0 bridgehead atoms. The van der Waals surface area contributed by atoms with Crippen molar-refractivity contribution in [3.8, 4) is 6.01 Å². The summed E-state index contributed by atoms with van der Waals surface area (Å²) in [5, 5.41) is 18.6. The van der Waals surface area contributed by atoms with Gasteiger partial charge in [0, 0.05) is 26.2 Å². The molecule has 0 aliphatic heterocycles. The number of rotatable bonds is 7. The van der Waals surface area contributed by atoms with Crippen LogP contribution in [-0.2, 0) is 19.6 Å². The molecule has 2 aromatic heterocycles. The van der Waals surface area contributed by atoms with Gasteiger partial charge in [-0.05, 0) is 20.3 Å². The lowest BCUT2D eigenvalue weighted by Gasteiger charge is -2.09. The molecule has 0 saturated heterocycles. The van der Waals surface area contributed by atoms with Gasteiger partial charge >= 0.3 is 10.8 Å². The molecule has 0 fully saturated rings. The minimum atomic E-state index is -1.04. The number of nitrogens with zero attached hydrogens (tertiary/aromatic N) is 5. The van der Waals surface area contributed by atoms with E-state index >= 15 is 0 Å². The Morgan fingerprint density at radius 3 is 2.39 bits per heavy atom. The minimum Gasteiger partial charge on any atom is -0.396 e. The molecule has 2 rings (SSSR count). The molecular formula is C12H17N5O6. The number of hydrogen-bond acceptors (Lipinski definition) is 7. The van der Waals surface area contributed by atoms with Gasteiger partial charge in [-0.3, -0.25) is 18.5 Å². The summed E-state index contributed by atoms with van der Waals surface area (Å²) in [6.45, 7) is 3.67. The molecule has 0 radical (unpaired) electrons. The van der Waals surface area contributed by atoms with E-state index in [9.17, 15) is 19.7 Å². The van der Waals surface area contributed by atoms with Crippen molar-refractivity contribution >= 4 is 11.2 Å². The molecule has 0 unspecified atom stereocenters. The summed E-state index contributed by atoms with van der Waals surface area (Å²) in [4.78, 5) is 43.8. The number of imidazole rings is 1. The van der Waals surface area contributed by atoms with Crippen molar-refractivity contribution in [2.24, 2.45) is 0 Å². The highest BCUT2D eigenvalue weighted by Crippen LogP contribution is 2.18. The molecule has 0 amide bonds. The van der Waals surface area contributed by atoms with E-state index in [4.69, 9.17) is 5.11 Å². The largest absolute Gasteiger partial charge is 0.396 e. The highest BCUT2D eigenvalue weighted by molar-refractivity contribution is 5.72. The summed E-state index contributed by atoms with van der Waals surface area (Å²) in [7, 11) is 0. The number of aryl methyl sites for hydroxylation is 2. The standard InChI is InChI=1S/C12H17N5O6/c1-3-14-9-8(10(19)15(4-2)12(14)20)16(6-5-7-18)11(13-9)23-17(21)22/h18H,3-7H2,1-2H3. The number of fused-ring (bicyclic) bond motifs is 1. The van der Waals surface area contributed by atoms with Crippen LogP contribution in [0, 0.1) is 10.1 Å². The van der Waals surface area contributed by atoms with Crippen molar-refractivity contribution in [1.29, 1.82) is 0 Å². The monoisotopic (exact) mass is 327 g/mol. The molecule has 11 heteroatoms. The third-order valence-corrected chi connectivity index (χ3v) is 3.41. The van der Waals surface area contributed by atoms with E-state index in [0.29, 0.717) is 0 Å². The van der Waals surface area contributed by atoms with Gasteiger partial charge < -0.3 is 5.11 Å². The van der Waals surface area contributed by atoms with Crippen molar-refractivity contribution in [3.05, 3.63) is 31.0 Å². The second-order valence-electron chi connectivity index (χ2n) is 4.69. The lowest BCUT2D eigenvalue weighted by Crippen LogP contribution is -2.40. The number of hydrogen-bond donors (Lipinski definition) is 1. The lowest BCUT2D eigenvalue weighted by atomic mass is 10.4. The van der Waals surface area contributed by atoms with Crippen molar-refractivity contribution in [2.45, 2.75) is 39.9 Å². The van der Waals surface area contributed by atoms with Crippen LogP contribution in [-0.4, -0.2) is 35.5 Å². The maximum Gasteiger partial charge on any atom is 0.332 e. The van der Waals surface area contributed by atoms with Crippen LogP contribution in [0.25, 0.3) is 11.2 Å². The molecule has 0 saturated carbocycles. The number of aliphatic hydroxyl groups excluding tert-OH is 1. The number of aliphatic hydroxyl groups is 1. The first-order chi connectivity index (χ1) is 11.0. The average molecular weight is 327 g/mol. The Morgan fingerprint density at radius 2 is 1.87 bits per heavy atom. The second-order valence-corrected chi connectivity index (χ2v) is 4.69. The molecule has 2 aromatic rings. The van der Waals surface area contributed by atoms with Gasteiger partial charge in [-0.15, -0.1) is 10.1 Å². The predicted octanol–water partition coefficient (Wildman–Crippen LogP) is -0.648. The molecule has 0 aliphatic rings. The van der Waals surface area contributed by atoms with Gasteiger partial charge in [0.25, 0.3) is 11.6 Å². The normalized spacial score (nSPS) is 11.1. The van der Waals surface area contributed by atoms with Crippen LogP contribution < -0.4 is 16.1 Å². The first-order valence-electron chi connectivity index (χ1n) is 7.13. The highest BCUT2D eigenvalue weighted by atomic mass is 17.0. The van der Waals surface area contributed by atoms with E-state index in [1.165, 1.54) is 9.13 Å². The van der Waals surface area contributed by atoms with Crippen LogP contribution in [0.4, 0.5) is 0 Å². The smallest absolute Gasteiger partial charge is 0.332 e. The van der Waals surface area contributed by atoms with Crippen LogP contribution in [0.5, 0.6) is 6.01 Å². The molecule has 2 heterocycles. The summed E-state index contributed by atoms with van der Waals surface area (Å²) in [6.07, 6.45) is 0.246. The van der Waals surface area contributed by atoms with Crippen LogP contribution >= 0.6 is 0 Å². The topological polar surface area (TPSA) is 134 Å². The molecule has 1 N–H and O–H groups in total. The summed E-state index contributed by atoms with van der Waals surface area (Å²) in [5.74, 6) is 0. The van der Waals surface area contributed by atoms with Crippen molar-refractivity contribution in [1.82, 2.24) is 18.7 Å². The quantitative estimate of drug-likeness (QED) is 0.527. The Balaban J connectivity index is 2.88. The van der Waals surface area contributed by atoms with E-state index in [2.05, 4.69) is 9.82 Å². The van der Waals surface area contributed by atoms with Crippen molar-refractivity contribution < 1.29 is 15.0 Å². The van der Waals surface area contributed by atoms with Gasteiger partial charge in [-0.25, -0.2) is 9.63 Å². The van der Waals surface area contributed by atoms with Gasteiger partial charge in [0.05, 0.1) is 0 Å². The Labute approximate surface area is 129 Å². The molecule has 11 nitrogen and oxygen atoms in total. The van der Waals surface area contributed by atoms with E-state index in [-0.39, 0.29) is 43.8 Å². The van der Waals surface area contributed by atoms with Crippen LogP contribution in [0.2, 0.25) is 0 Å². The first kappa shape index (κ1) is 16.7. The maximum atomic E-state index is 12.5. The molecule has 0 aromatic carbocycles. The fourth-order valence-electron chi connectivity index (χ4n) is 2.41. The summed E-state index contributed by atoms with van der Waals surface area (Å²) in [5.41, 5.74) is -1.06. The van der Waals surface area contributed by atoms with Gasteiger partial charge in [0.2, 0.25) is 0 Å². The molecule has 126 valence electrons. The predicted molar refractivity (Wildman–Crippen MR) is 78.9 cm³/mol. The third kappa shape index (κ3) is 2.82. The highest BCUT2D eigenvalue weighted by Gasteiger charge is 2.22. The molecule has 0 atom stereocenters. The Bertz CT molecular complexity index is 848. The van der Waals surface area contributed by atoms with E-state index in [1.54, 1.807) is 13.8 Å². The Morgan fingerprint density at radius 1 is 1.22 bits per heavy atom. The zero-order valence-electron chi connectivity index (χ0n) is 12.8. The van der Waals surface area contributed by atoms with E-state index < -0.39 is 22.3 Å². The molecular weight excluding hydrogens is 310 g/mol. The van der Waals surface area contributed by atoms with Gasteiger partial charge in [-0.1, -0.05) is 0 Å². The third-order valence-electron chi connectivity index (χ3n) is 3.41. The molecule has 0 aliphatic carbocycles. The Kier molecular flexibility index (Phi) is 4.79. The van der Waals surface area contributed by atoms with Crippen LogP contribution in [0.3, 0.4) is 0 Å². The van der Waals surface area contributed by atoms with Gasteiger partial charge in [0.1, 0.15) is 0 Å². The van der Waals surface area contributed by atoms with Crippen molar-refractivity contribution in [3.63, 3.8) is 0 Å². The molecule has 0 spiro atoms. The second kappa shape index (κ2) is 6.60. The maximum absolute atomic E-state index is 12.5. The number of aromatic nitrogens is 4. The van der Waals surface area contributed by atoms with Crippen LogP contribution in [0.15, 0.2) is 9.59 Å². The average Bonchev–Trinajstić information content (AvgIpc) is 2.83.